The van der Waals surface area contributed by atoms with Crippen molar-refractivity contribution in [2.24, 2.45) is 0 Å². The minimum atomic E-state index is -3.99. The minimum absolute atomic E-state index is 0.0206. The van der Waals surface area contributed by atoms with E-state index in [1.807, 2.05) is 94.7 Å². The Hall–Kier alpha value is -8.08. The summed E-state index contributed by atoms with van der Waals surface area (Å²) in [4.78, 5) is 69.0. The van der Waals surface area contributed by atoms with Crippen LogP contribution in [0.1, 0.15) is 141 Å². The van der Waals surface area contributed by atoms with Crippen LogP contribution in [0, 0.1) is 0 Å². The highest BCUT2D eigenvalue weighted by molar-refractivity contribution is 7.87. The van der Waals surface area contributed by atoms with E-state index in [1.165, 1.54) is 58.0 Å². The van der Waals surface area contributed by atoms with Crippen LogP contribution in [-0.2, 0) is 37.6 Å². The highest BCUT2D eigenvalue weighted by atomic mass is 32.2. The second-order valence-corrected chi connectivity index (χ2v) is 24.1. The molecule has 0 bridgehead atoms. The van der Waals surface area contributed by atoms with Gasteiger partial charge in [0.1, 0.15) is 0 Å². The number of amides is 3. The van der Waals surface area contributed by atoms with Gasteiger partial charge in [-0.15, -0.1) is 0 Å². The Morgan fingerprint density at radius 3 is 1.71 bits per heavy atom. The second kappa shape index (κ2) is 21.2. The van der Waals surface area contributed by atoms with E-state index in [9.17, 15) is 37.5 Å². The molecule has 6 aliphatic rings. The highest BCUT2D eigenvalue weighted by Crippen LogP contribution is 2.49. The monoisotopic (exact) mass is 1090 g/mol. The number of carboxylic acid groups (broad SMARTS) is 1. The van der Waals surface area contributed by atoms with E-state index in [-0.39, 0.29) is 42.5 Å². The molecule has 2 aliphatic carbocycles. The summed E-state index contributed by atoms with van der Waals surface area (Å²) in [5.74, 6) is -1.34. The Morgan fingerprint density at radius 1 is 0.637 bits per heavy atom. The maximum Gasteiger partial charge on any atom is 0.337 e. The molecule has 5 aromatic carbocycles. The Labute approximate surface area is 465 Å². The fraction of sp³-hybridized carbons (Fsp3) is 0.328. The van der Waals surface area contributed by atoms with Crippen molar-refractivity contribution in [1.29, 1.82) is 0 Å². The largest absolute Gasteiger partial charge is 0.478 e. The smallest absolute Gasteiger partial charge is 0.337 e. The molecule has 2 N–H and O–H groups in total. The number of fused-ring (bicyclic) bond motifs is 13. The molecule has 1 unspecified atom stereocenters. The number of hydrogen-bond donors (Lipinski definition) is 2. The fourth-order valence-electron chi connectivity index (χ4n) is 13.5. The molecule has 0 spiro atoms. The van der Waals surface area contributed by atoms with Crippen LogP contribution in [0.5, 0.6) is 0 Å². The van der Waals surface area contributed by atoms with Gasteiger partial charge in [-0.05, 0) is 108 Å². The number of aliphatic carboxylic acids is 1. The van der Waals surface area contributed by atoms with E-state index in [1.54, 1.807) is 18.2 Å². The molecule has 1 saturated heterocycles. The number of piperazine rings is 1. The summed E-state index contributed by atoms with van der Waals surface area (Å²) in [7, 11) is 0.121. The molecule has 7 aromatic rings. The topological polar surface area (TPSA) is 181 Å². The molecule has 2 saturated carbocycles. The molecular formula is C64H64N6O9S. The third-order valence-corrected chi connectivity index (χ3v) is 18.8. The van der Waals surface area contributed by atoms with Crippen LogP contribution in [0.4, 0.5) is 0 Å². The summed E-state index contributed by atoms with van der Waals surface area (Å²) >= 11 is 0. The number of nitrogens with one attached hydrogen (secondary N) is 1. The van der Waals surface area contributed by atoms with Crippen LogP contribution in [-0.4, -0.2) is 107 Å². The Balaban J connectivity index is 0.000000176. The van der Waals surface area contributed by atoms with E-state index < -0.39 is 22.1 Å². The predicted molar refractivity (Wildman–Crippen MR) is 308 cm³/mol. The van der Waals surface area contributed by atoms with Gasteiger partial charge in [-0.3, -0.25) is 14.4 Å². The zero-order valence-electron chi connectivity index (χ0n) is 45.2. The lowest BCUT2D eigenvalue weighted by atomic mass is 9.81. The number of esters is 1. The lowest BCUT2D eigenvalue weighted by Gasteiger charge is -2.38. The number of carbonyl (C=O) groups is 5. The van der Waals surface area contributed by atoms with Crippen molar-refractivity contribution in [2.45, 2.75) is 95.2 Å². The Morgan fingerprint density at radius 2 is 1.15 bits per heavy atom. The third-order valence-electron chi connectivity index (χ3n) is 17.4. The zero-order chi connectivity index (χ0) is 55.6. The molecule has 13 rings (SSSR count). The van der Waals surface area contributed by atoms with Crippen LogP contribution >= 0.6 is 0 Å². The summed E-state index contributed by atoms with van der Waals surface area (Å²) in [6.45, 7) is 1.86. The molecule has 15 nitrogen and oxygen atoms in total. The maximum atomic E-state index is 14.6. The summed E-state index contributed by atoms with van der Waals surface area (Å²) in [5, 5.41) is 12.0. The van der Waals surface area contributed by atoms with Crippen molar-refractivity contribution in [2.75, 3.05) is 40.8 Å². The third kappa shape index (κ3) is 9.31. The van der Waals surface area contributed by atoms with E-state index >= 15 is 0 Å². The van der Waals surface area contributed by atoms with Crippen LogP contribution in [0.3, 0.4) is 0 Å². The van der Waals surface area contributed by atoms with Gasteiger partial charge in [-0.2, -0.15) is 12.7 Å². The number of nitrogens with zero attached hydrogens (tertiary/aromatic N) is 5. The van der Waals surface area contributed by atoms with Crippen LogP contribution in [0.25, 0.3) is 56.5 Å². The molecular weight excluding hydrogens is 1030 g/mol. The quantitative estimate of drug-likeness (QED) is 0.140. The number of methoxy groups -OCH3 is 1. The van der Waals surface area contributed by atoms with E-state index in [0.717, 1.165) is 104 Å². The molecule has 410 valence electrons. The summed E-state index contributed by atoms with van der Waals surface area (Å²) < 4.78 is 37.4. The molecule has 1 atom stereocenters. The van der Waals surface area contributed by atoms with Gasteiger partial charge in [0.15, 0.2) is 0 Å². The fourth-order valence-corrected chi connectivity index (χ4v) is 14.0. The van der Waals surface area contributed by atoms with Crippen molar-refractivity contribution >= 4 is 73.8 Å². The molecule has 16 heteroatoms. The zero-order valence-corrected chi connectivity index (χ0v) is 46.1. The summed E-state index contributed by atoms with van der Waals surface area (Å²) in [6.07, 6.45) is 15.3. The average molecular weight is 1090 g/mol. The first kappa shape index (κ1) is 52.6. The number of benzene rings is 5. The lowest BCUT2D eigenvalue weighted by molar-refractivity contribution is -0.133. The van der Waals surface area contributed by atoms with Gasteiger partial charge >= 0.3 is 22.1 Å². The van der Waals surface area contributed by atoms with Gasteiger partial charge in [0.25, 0.3) is 17.7 Å². The standard InChI is InChI=1S/C38H39N5O5S.C26H25NO4/c1-40(2)49(47,48)39-36(44)26-16-17-31-32(21-26)43-22-27(20-25-12-6-7-13-28(25)35(43)34(31)24-10-4-3-5-11-24)37(45)41-18-19-42-33(23-41)29-14-8-9-15-30(29)38(42)46;1-31-26(30)18-11-12-21-22(14-18)27-15-19(25(28)29)13-17-9-5-6-10-20(17)24(27)23(21)16-7-3-2-4-8-16/h6-9,12-17,20-21,24,33H,3-5,10-11,18-19,22-23H2,1-2H3,(H,39,44);5-6,9-14,16H,2-4,7-8,15H2,1H3,(H,28,29). The van der Waals surface area contributed by atoms with E-state index in [2.05, 4.69) is 32.1 Å². The molecule has 3 amide bonds. The number of hydrogen-bond acceptors (Lipinski definition) is 8. The van der Waals surface area contributed by atoms with Crippen molar-refractivity contribution < 1.29 is 42.2 Å². The van der Waals surface area contributed by atoms with E-state index in [0.29, 0.717) is 53.7 Å². The number of rotatable bonds is 8. The molecule has 4 aliphatic heterocycles. The molecule has 0 radical (unpaired) electrons. The lowest BCUT2D eigenvalue weighted by Crippen LogP contribution is -2.50. The van der Waals surface area contributed by atoms with Crippen LogP contribution < -0.4 is 4.72 Å². The first-order chi connectivity index (χ1) is 38.7. The van der Waals surface area contributed by atoms with Crippen molar-refractivity contribution in [1.82, 2.24) is 28.0 Å². The predicted octanol–water partition coefficient (Wildman–Crippen LogP) is 11.0. The first-order valence-corrected chi connectivity index (χ1v) is 29.3. The second-order valence-electron chi connectivity index (χ2n) is 22.2. The minimum Gasteiger partial charge on any atom is -0.478 e. The van der Waals surface area contributed by atoms with Crippen molar-refractivity contribution in [3.63, 3.8) is 0 Å². The van der Waals surface area contributed by atoms with Gasteiger partial charge in [0, 0.05) is 83.4 Å². The van der Waals surface area contributed by atoms with Crippen molar-refractivity contribution in [3.05, 3.63) is 165 Å². The summed E-state index contributed by atoms with van der Waals surface area (Å²) in [6, 6.07) is 34.7. The van der Waals surface area contributed by atoms with Crippen molar-refractivity contribution in [3.8, 4) is 22.5 Å². The SMILES string of the molecule is CN(C)S(=O)(=O)NC(=O)c1ccc2c(C3CCCCC3)c3n(c2c1)CC(C(=O)N1CCN2C(=O)c4ccccc4C2C1)=Cc1ccccc1-3.COC(=O)c1ccc2c(C3CCCCC3)c3n(c2c1)CC(C(=O)O)=Cc1ccccc1-3. The molecule has 2 aromatic heterocycles. The van der Waals surface area contributed by atoms with Gasteiger partial charge in [0.2, 0.25) is 0 Å². The molecule has 6 heterocycles. The molecule has 80 heavy (non-hydrogen) atoms. The number of aromatic nitrogens is 2. The highest BCUT2D eigenvalue weighted by Gasteiger charge is 2.42. The van der Waals surface area contributed by atoms with Crippen LogP contribution in [0.2, 0.25) is 0 Å². The average Bonchev–Trinajstić information content (AvgIpc) is 3.98. The molecule has 3 fully saturated rings. The van der Waals surface area contributed by atoms with Gasteiger partial charge in [0.05, 0.1) is 48.8 Å². The number of carbonyl (C=O) groups excluding carboxylic acids is 4. The first-order valence-electron chi connectivity index (χ1n) is 27.9. The van der Waals surface area contributed by atoms with Gasteiger partial charge in [-0.1, -0.05) is 117 Å². The maximum absolute atomic E-state index is 14.6. The normalized spacial score (nSPS) is 18.1. The van der Waals surface area contributed by atoms with Gasteiger partial charge < -0.3 is 28.8 Å². The number of carboxylic acids is 1. The summed E-state index contributed by atoms with van der Waals surface area (Å²) in [5.41, 5.74) is 13.6. The van der Waals surface area contributed by atoms with Crippen LogP contribution in [0.15, 0.2) is 120 Å². The number of ether oxygens (including phenoxy) is 1. The Kier molecular flexibility index (Phi) is 13.9. The van der Waals surface area contributed by atoms with E-state index in [4.69, 9.17) is 4.74 Å². The van der Waals surface area contributed by atoms with Gasteiger partial charge in [-0.25, -0.2) is 14.3 Å². The Bertz CT molecular complexity index is 3890.